The number of nitrogen functional groups attached to an aromatic ring is 1. The predicted molar refractivity (Wildman–Crippen MR) is 73.7 cm³/mol. The van der Waals surface area contributed by atoms with Crippen LogP contribution >= 0.6 is 23.5 Å². The van der Waals surface area contributed by atoms with Crippen molar-refractivity contribution < 1.29 is 4.74 Å². The van der Waals surface area contributed by atoms with Crippen molar-refractivity contribution in [2.45, 2.75) is 30.1 Å². The van der Waals surface area contributed by atoms with E-state index in [1.165, 1.54) is 0 Å². The molecule has 18 heavy (non-hydrogen) atoms. The molecule has 1 aromatic heterocycles. The number of hydrogen-bond acceptors (Lipinski definition) is 6. The van der Waals surface area contributed by atoms with E-state index in [2.05, 4.69) is 27.0 Å². The summed E-state index contributed by atoms with van der Waals surface area (Å²) < 4.78 is 5.35. The predicted octanol–water partition coefficient (Wildman–Crippen LogP) is 1.70. The lowest BCUT2D eigenvalue weighted by Crippen LogP contribution is -2.17. The summed E-state index contributed by atoms with van der Waals surface area (Å²) in [6.07, 6.45) is 3.07. The highest BCUT2D eigenvalue weighted by Crippen LogP contribution is 2.35. The monoisotopic (exact) mass is 288 g/mol. The molecule has 0 amide bonds. The van der Waals surface area contributed by atoms with E-state index < -0.39 is 0 Å². The first kappa shape index (κ1) is 13.9. The molecule has 0 radical (unpaired) electrons. The maximum absolute atomic E-state index is 5.98. The van der Waals surface area contributed by atoms with E-state index in [0.717, 1.165) is 54.6 Å². The largest absolute Gasteiger partial charge is 0.383 e. The first-order chi connectivity index (χ1) is 8.84. The van der Waals surface area contributed by atoms with E-state index in [9.17, 15) is 0 Å². The summed E-state index contributed by atoms with van der Waals surface area (Å²) in [5.41, 5.74) is 7.13. The summed E-state index contributed by atoms with van der Waals surface area (Å²) in [5, 5.41) is 3.97. The molecule has 0 aromatic carbocycles. The SMILES string of the molecule is NCl.Nc1nc(C2CCOCC2)nc2c1SCC2. The van der Waals surface area contributed by atoms with Gasteiger partial charge in [-0.1, -0.05) is 0 Å². The number of nitrogens with two attached hydrogens (primary N) is 2. The fourth-order valence-electron chi connectivity index (χ4n) is 2.25. The second-order valence-electron chi connectivity index (χ2n) is 4.23. The third kappa shape index (κ3) is 2.88. The van der Waals surface area contributed by atoms with E-state index >= 15 is 0 Å². The van der Waals surface area contributed by atoms with Crippen molar-refractivity contribution >= 4 is 29.4 Å². The van der Waals surface area contributed by atoms with Crippen LogP contribution < -0.4 is 11.0 Å². The van der Waals surface area contributed by atoms with Crippen LogP contribution in [0.4, 0.5) is 5.82 Å². The van der Waals surface area contributed by atoms with Crippen LogP contribution in [-0.4, -0.2) is 28.9 Å². The van der Waals surface area contributed by atoms with Crippen LogP contribution in [0.25, 0.3) is 0 Å². The Morgan fingerprint density at radius 2 is 1.94 bits per heavy atom. The molecule has 0 aliphatic carbocycles. The molecule has 5 nitrogen and oxygen atoms in total. The van der Waals surface area contributed by atoms with Gasteiger partial charge in [-0.3, -0.25) is 0 Å². The zero-order valence-electron chi connectivity index (χ0n) is 10.1. The van der Waals surface area contributed by atoms with Crippen LogP contribution in [0.2, 0.25) is 0 Å². The fourth-order valence-corrected chi connectivity index (χ4v) is 3.26. The first-order valence-electron chi connectivity index (χ1n) is 5.93. The molecule has 100 valence electrons. The Kier molecular flexibility index (Phi) is 5.05. The molecule has 3 heterocycles. The van der Waals surface area contributed by atoms with Crippen LogP contribution in [0.3, 0.4) is 0 Å². The molecule has 0 unspecified atom stereocenters. The molecule has 0 bridgehead atoms. The van der Waals surface area contributed by atoms with Crippen LogP contribution in [0, 0.1) is 0 Å². The van der Waals surface area contributed by atoms with E-state index in [4.69, 9.17) is 10.5 Å². The van der Waals surface area contributed by atoms with Gasteiger partial charge in [0.25, 0.3) is 0 Å². The Morgan fingerprint density at radius 3 is 2.67 bits per heavy atom. The maximum atomic E-state index is 5.98. The maximum Gasteiger partial charge on any atom is 0.141 e. The van der Waals surface area contributed by atoms with Gasteiger partial charge < -0.3 is 10.5 Å². The minimum Gasteiger partial charge on any atom is -0.383 e. The van der Waals surface area contributed by atoms with Crippen LogP contribution in [0.15, 0.2) is 4.90 Å². The lowest BCUT2D eigenvalue weighted by molar-refractivity contribution is 0.0835. The molecule has 1 saturated heterocycles. The summed E-state index contributed by atoms with van der Waals surface area (Å²) in [6.45, 7) is 1.64. The second kappa shape index (κ2) is 6.56. The minimum atomic E-state index is 0.437. The van der Waals surface area contributed by atoms with Crippen LogP contribution in [-0.2, 0) is 11.2 Å². The number of halogens is 1. The smallest absolute Gasteiger partial charge is 0.141 e. The van der Waals surface area contributed by atoms with Gasteiger partial charge in [-0.25, -0.2) is 15.2 Å². The second-order valence-corrected chi connectivity index (χ2v) is 5.33. The summed E-state index contributed by atoms with van der Waals surface area (Å²) in [6, 6.07) is 0. The van der Waals surface area contributed by atoms with Crippen molar-refractivity contribution in [1.82, 2.24) is 9.97 Å². The van der Waals surface area contributed by atoms with Crippen LogP contribution in [0.1, 0.15) is 30.3 Å². The number of rotatable bonds is 1. The number of thioether (sulfide) groups is 1. The van der Waals surface area contributed by atoms with Gasteiger partial charge in [-0.2, -0.15) is 0 Å². The number of anilines is 1. The van der Waals surface area contributed by atoms with Crippen molar-refractivity contribution in [3.8, 4) is 0 Å². The Balaban J connectivity index is 0.000000574. The molecular weight excluding hydrogens is 272 g/mol. The molecule has 1 aromatic rings. The van der Waals surface area contributed by atoms with Crippen molar-refractivity contribution in [2.75, 3.05) is 24.7 Å². The summed E-state index contributed by atoms with van der Waals surface area (Å²) in [4.78, 5) is 10.2. The van der Waals surface area contributed by atoms with E-state index in [-0.39, 0.29) is 0 Å². The minimum absolute atomic E-state index is 0.437. The molecule has 0 saturated carbocycles. The topological polar surface area (TPSA) is 87.1 Å². The lowest BCUT2D eigenvalue weighted by atomic mass is 9.99. The van der Waals surface area contributed by atoms with Gasteiger partial charge in [-0.05, 0) is 24.6 Å². The molecule has 4 N–H and O–H groups in total. The van der Waals surface area contributed by atoms with Crippen molar-refractivity contribution in [3.05, 3.63) is 11.5 Å². The van der Waals surface area contributed by atoms with Crippen molar-refractivity contribution in [2.24, 2.45) is 5.25 Å². The number of fused-ring (bicyclic) bond motifs is 1. The average molecular weight is 289 g/mol. The van der Waals surface area contributed by atoms with E-state index in [1.54, 1.807) is 11.8 Å². The quantitative estimate of drug-likeness (QED) is 0.765. The van der Waals surface area contributed by atoms with Gasteiger partial charge in [-0.15, -0.1) is 11.8 Å². The Morgan fingerprint density at radius 1 is 1.22 bits per heavy atom. The molecule has 0 atom stereocenters. The fraction of sp³-hybridized carbons (Fsp3) is 0.636. The highest BCUT2D eigenvalue weighted by atomic mass is 35.5. The van der Waals surface area contributed by atoms with E-state index in [1.807, 2.05) is 0 Å². The molecule has 7 heteroatoms. The zero-order valence-corrected chi connectivity index (χ0v) is 11.6. The van der Waals surface area contributed by atoms with Gasteiger partial charge in [0.2, 0.25) is 0 Å². The van der Waals surface area contributed by atoms with Gasteiger partial charge >= 0.3 is 0 Å². The van der Waals surface area contributed by atoms with Crippen molar-refractivity contribution in [3.63, 3.8) is 0 Å². The number of hydrogen-bond donors (Lipinski definition) is 2. The van der Waals surface area contributed by atoms with Gasteiger partial charge in [0.1, 0.15) is 11.6 Å². The number of ether oxygens (including phenoxy) is 1. The number of aryl methyl sites for hydroxylation is 1. The Hall–Kier alpha value is -0.560. The molecule has 1 fully saturated rings. The standard InChI is InChI=1S/C11H15N3OS.ClH2N/c12-10-9-8(3-6-16-9)13-11(14-10)7-1-4-15-5-2-7;1-2/h7H,1-6H2,(H2,12,13,14);2H2. The van der Waals surface area contributed by atoms with Gasteiger partial charge in [0, 0.05) is 31.3 Å². The average Bonchev–Trinajstić information content (AvgIpc) is 2.91. The van der Waals surface area contributed by atoms with Gasteiger partial charge in [0.05, 0.1) is 10.6 Å². The Labute approximate surface area is 116 Å². The highest BCUT2D eigenvalue weighted by Gasteiger charge is 2.23. The van der Waals surface area contributed by atoms with Crippen LogP contribution in [0.5, 0.6) is 0 Å². The van der Waals surface area contributed by atoms with Gasteiger partial charge in [0.15, 0.2) is 0 Å². The Bertz CT molecular complexity index is 412. The van der Waals surface area contributed by atoms with E-state index in [0.29, 0.717) is 11.7 Å². The zero-order chi connectivity index (χ0) is 13.0. The first-order valence-corrected chi connectivity index (χ1v) is 7.35. The summed E-state index contributed by atoms with van der Waals surface area (Å²) >= 11 is 5.91. The summed E-state index contributed by atoms with van der Waals surface area (Å²) in [5.74, 6) is 3.13. The number of aromatic nitrogens is 2. The molecular formula is C11H17ClN4OS. The molecule has 0 spiro atoms. The molecule has 2 aliphatic rings. The molecule has 3 rings (SSSR count). The molecule has 2 aliphatic heterocycles. The number of nitrogens with zero attached hydrogens (tertiary/aromatic N) is 2. The summed E-state index contributed by atoms with van der Waals surface area (Å²) in [7, 11) is 0. The highest BCUT2D eigenvalue weighted by molar-refractivity contribution is 7.99. The van der Waals surface area contributed by atoms with Crippen molar-refractivity contribution in [1.29, 1.82) is 0 Å². The normalized spacial score (nSPS) is 19.0. The third-order valence-corrected chi connectivity index (χ3v) is 4.29. The lowest BCUT2D eigenvalue weighted by Gasteiger charge is -2.21. The third-order valence-electron chi connectivity index (χ3n) is 3.15.